The van der Waals surface area contributed by atoms with Crippen LogP contribution in [0.2, 0.25) is 5.02 Å². The summed E-state index contributed by atoms with van der Waals surface area (Å²) in [7, 11) is 0. The summed E-state index contributed by atoms with van der Waals surface area (Å²) >= 11 is 6.05. The fourth-order valence-corrected chi connectivity index (χ4v) is 2.36. The molecule has 0 aliphatic heterocycles. The van der Waals surface area contributed by atoms with E-state index in [1.807, 2.05) is 32.0 Å². The molecule has 0 saturated carbocycles. The Hall–Kier alpha value is -2.33. The number of carbonyl (C=O) groups excluding carboxylic acids is 2. The maximum absolute atomic E-state index is 12.6. The highest BCUT2D eigenvalue weighted by Gasteiger charge is 2.36. The number of para-hydroxylation sites is 1. The predicted octanol–water partition coefficient (Wildman–Crippen LogP) is 4.56. The number of hydrogen-bond donors (Lipinski definition) is 2. The minimum atomic E-state index is -1.25. The van der Waals surface area contributed by atoms with E-state index in [1.54, 1.807) is 38.1 Å². The lowest BCUT2D eigenvalue weighted by Crippen LogP contribution is -2.41. The molecule has 0 spiro atoms. The van der Waals surface area contributed by atoms with Gasteiger partial charge >= 0.3 is 0 Å². The van der Waals surface area contributed by atoms with E-state index >= 15 is 0 Å². The molecule has 2 aromatic rings. The highest BCUT2D eigenvalue weighted by molar-refractivity contribution is 6.34. The quantitative estimate of drug-likeness (QED) is 0.799. The Kier molecular flexibility index (Phi) is 5.30. The van der Waals surface area contributed by atoms with Gasteiger partial charge in [0.1, 0.15) is 5.41 Å². The van der Waals surface area contributed by atoms with Crippen LogP contribution in [0.1, 0.15) is 25.0 Å². The van der Waals surface area contributed by atoms with Crippen molar-refractivity contribution in [3.8, 4) is 0 Å². The van der Waals surface area contributed by atoms with Crippen LogP contribution in [-0.4, -0.2) is 11.8 Å². The largest absolute Gasteiger partial charge is 0.325 e. The van der Waals surface area contributed by atoms with Gasteiger partial charge < -0.3 is 10.6 Å². The maximum atomic E-state index is 12.6. The molecule has 0 unspecified atom stereocenters. The molecule has 24 heavy (non-hydrogen) atoms. The van der Waals surface area contributed by atoms with Crippen LogP contribution in [0.4, 0.5) is 11.4 Å². The van der Waals surface area contributed by atoms with E-state index < -0.39 is 11.3 Å². The molecule has 126 valence electrons. The Balaban J connectivity index is 2.14. The van der Waals surface area contributed by atoms with E-state index in [0.29, 0.717) is 16.4 Å². The number of aryl methyl sites for hydroxylation is 2. The minimum Gasteiger partial charge on any atom is -0.325 e. The smallest absolute Gasteiger partial charge is 0.239 e. The van der Waals surface area contributed by atoms with Gasteiger partial charge in [-0.2, -0.15) is 0 Å². The molecule has 0 fully saturated rings. The van der Waals surface area contributed by atoms with Crippen molar-refractivity contribution in [1.29, 1.82) is 0 Å². The van der Waals surface area contributed by atoms with Gasteiger partial charge in [0.05, 0.1) is 10.7 Å². The molecule has 0 heterocycles. The van der Waals surface area contributed by atoms with E-state index in [9.17, 15) is 9.59 Å². The molecule has 0 atom stereocenters. The van der Waals surface area contributed by atoms with E-state index in [2.05, 4.69) is 10.6 Å². The summed E-state index contributed by atoms with van der Waals surface area (Å²) in [5.74, 6) is -0.795. The third-order valence-corrected chi connectivity index (χ3v) is 4.22. The Morgan fingerprint density at radius 1 is 0.917 bits per heavy atom. The molecule has 2 N–H and O–H groups in total. The summed E-state index contributed by atoms with van der Waals surface area (Å²) in [6, 6.07) is 12.6. The molecule has 0 saturated heterocycles. The van der Waals surface area contributed by atoms with E-state index in [-0.39, 0.29) is 5.91 Å². The van der Waals surface area contributed by atoms with Gasteiger partial charge in [-0.3, -0.25) is 9.59 Å². The molecule has 0 bridgehead atoms. The number of nitrogens with one attached hydrogen (secondary N) is 2. The zero-order chi connectivity index (χ0) is 17.9. The standard InChI is InChI=1S/C19H21ClN2O2/c1-12-9-10-15(13(2)11-12)21-17(23)19(3,4)18(24)22-16-8-6-5-7-14(16)20/h5-11H,1-4H3,(H,21,23)(H,22,24). The molecule has 0 radical (unpaired) electrons. The van der Waals surface area contributed by atoms with Crippen molar-refractivity contribution in [2.75, 3.05) is 10.6 Å². The first-order chi connectivity index (χ1) is 11.2. The summed E-state index contributed by atoms with van der Waals surface area (Å²) in [6.07, 6.45) is 0. The molecule has 2 rings (SSSR count). The van der Waals surface area contributed by atoms with Gasteiger partial charge in [0.15, 0.2) is 0 Å². The van der Waals surface area contributed by atoms with E-state index in [4.69, 9.17) is 11.6 Å². The number of carbonyl (C=O) groups is 2. The summed E-state index contributed by atoms with van der Waals surface area (Å²) < 4.78 is 0. The van der Waals surface area contributed by atoms with Crippen molar-refractivity contribution < 1.29 is 9.59 Å². The van der Waals surface area contributed by atoms with Gasteiger partial charge in [-0.1, -0.05) is 41.4 Å². The molecular formula is C19H21ClN2O2. The Bertz CT molecular complexity index is 785. The van der Waals surface area contributed by atoms with Gasteiger partial charge in [0.25, 0.3) is 0 Å². The lowest BCUT2D eigenvalue weighted by atomic mass is 9.90. The number of benzene rings is 2. The number of amides is 2. The molecule has 0 aliphatic rings. The number of rotatable bonds is 4. The fourth-order valence-electron chi connectivity index (χ4n) is 2.18. The van der Waals surface area contributed by atoms with E-state index in [1.165, 1.54) is 0 Å². The van der Waals surface area contributed by atoms with Crippen LogP contribution in [-0.2, 0) is 9.59 Å². The average molecular weight is 345 g/mol. The fraction of sp³-hybridized carbons (Fsp3) is 0.263. The minimum absolute atomic E-state index is 0.376. The third-order valence-electron chi connectivity index (χ3n) is 3.89. The molecule has 5 heteroatoms. The zero-order valence-corrected chi connectivity index (χ0v) is 15.0. The van der Waals surface area contributed by atoms with Crippen molar-refractivity contribution in [2.45, 2.75) is 27.7 Å². The van der Waals surface area contributed by atoms with Crippen LogP contribution in [0.15, 0.2) is 42.5 Å². The Morgan fingerprint density at radius 3 is 2.08 bits per heavy atom. The summed E-state index contributed by atoms with van der Waals surface area (Å²) in [5.41, 5.74) is 1.99. The van der Waals surface area contributed by atoms with Crippen molar-refractivity contribution in [3.05, 3.63) is 58.6 Å². The lowest BCUT2D eigenvalue weighted by Gasteiger charge is -2.23. The Labute approximate surface area is 147 Å². The van der Waals surface area contributed by atoms with Crippen LogP contribution < -0.4 is 10.6 Å². The van der Waals surface area contributed by atoms with Gasteiger partial charge in [-0.15, -0.1) is 0 Å². The van der Waals surface area contributed by atoms with Crippen LogP contribution in [0, 0.1) is 19.3 Å². The van der Waals surface area contributed by atoms with Crippen molar-refractivity contribution in [1.82, 2.24) is 0 Å². The molecule has 0 aliphatic carbocycles. The topological polar surface area (TPSA) is 58.2 Å². The van der Waals surface area contributed by atoms with E-state index in [0.717, 1.165) is 11.1 Å². The van der Waals surface area contributed by atoms with Gasteiger partial charge in [0.2, 0.25) is 11.8 Å². The zero-order valence-electron chi connectivity index (χ0n) is 14.2. The van der Waals surface area contributed by atoms with Crippen molar-refractivity contribution in [2.24, 2.45) is 5.41 Å². The maximum Gasteiger partial charge on any atom is 0.239 e. The first-order valence-electron chi connectivity index (χ1n) is 7.66. The first kappa shape index (κ1) is 18.0. The second-order valence-corrected chi connectivity index (χ2v) is 6.74. The second-order valence-electron chi connectivity index (χ2n) is 6.33. The molecule has 4 nitrogen and oxygen atoms in total. The first-order valence-corrected chi connectivity index (χ1v) is 8.04. The molecular weight excluding hydrogens is 324 g/mol. The summed E-state index contributed by atoms with van der Waals surface area (Å²) in [6.45, 7) is 7.06. The molecule has 2 aromatic carbocycles. The van der Waals surface area contributed by atoms with Crippen LogP contribution in [0.5, 0.6) is 0 Å². The van der Waals surface area contributed by atoms with Gasteiger partial charge in [-0.05, 0) is 51.5 Å². The lowest BCUT2D eigenvalue weighted by molar-refractivity contribution is -0.135. The predicted molar refractivity (Wildman–Crippen MR) is 98.4 cm³/mol. The Morgan fingerprint density at radius 2 is 1.50 bits per heavy atom. The second kappa shape index (κ2) is 7.05. The molecule has 0 aromatic heterocycles. The monoisotopic (exact) mass is 344 g/mol. The van der Waals surface area contributed by atoms with Crippen LogP contribution >= 0.6 is 11.6 Å². The number of hydrogen-bond acceptors (Lipinski definition) is 2. The summed E-state index contributed by atoms with van der Waals surface area (Å²) in [5, 5.41) is 5.96. The highest BCUT2D eigenvalue weighted by atomic mass is 35.5. The van der Waals surface area contributed by atoms with Gasteiger partial charge in [0, 0.05) is 5.69 Å². The molecule has 2 amide bonds. The number of halogens is 1. The summed E-state index contributed by atoms with van der Waals surface area (Å²) in [4.78, 5) is 25.1. The van der Waals surface area contributed by atoms with Crippen molar-refractivity contribution in [3.63, 3.8) is 0 Å². The normalized spacial score (nSPS) is 11.0. The average Bonchev–Trinajstić information content (AvgIpc) is 2.52. The van der Waals surface area contributed by atoms with Crippen molar-refractivity contribution >= 4 is 34.8 Å². The SMILES string of the molecule is Cc1ccc(NC(=O)C(C)(C)C(=O)Nc2ccccc2Cl)c(C)c1. The third kappa shape index (κ3) is 3.95. The number of anilines is 2. The highest BCUT2D eigenvalue weighted by Crippen LogP contribution is 2.26. The van der Waals surface area contributed by atoms with Crippen LogP contribution in [0.25, 0.3) is 0 Å². The van der Waals surface area contributed by atoms with Crippen LogP contribution in [0.3, 0.4) is 0 Å². The van der Waals surface area contributed by atoms with Gasteiger partial charge in [-0.25, -0.2) is 0 Å².